The summed E-state index contributed by atoms with van der Waals surface area (Å²) in [7, 11) is 0. The number of nitrogens with one attached hydrogen (secondary N) is 1. The Kier molecular flexibility index (Phi) is 6.37. The molecule has 0 fully saturated rings. The molecule has 1 aromatic carbocycles. The summed E-state index contributed by atoms with van der Waals surface area (Å²) in [5.41, 5.74) is -0.273. The van der Waals surface area contributed by atoms with Crippen LogP contribution in [0, 0.1) is 0 Å². The molecule has 2 rings (SSSR count). The van der Waals surface area contributed by atoms with Crippen LogP contribution in [0.15, 0.2) is 41.2 Å². The quantitative estimate of drug-likeness (QED) is 0.813. The molecule has 1 aromatic heterocycles. The first-order valence-corrected chi connectivity index (χ1v) is 7.98. The van der Waals surface area contributed by atoms with Crippen LogP contribution in [0.25, 0.3) is 0 Å². The molecule has 0 aliphatic heterocycles. The van der Waals surface area contributed by atoms with Crippen molar-refractivity contribution in [3.05, 3.63) is 52.4 Å². The number of rotatable bonds is 7. The summed E-state index contributed by atoms with van der Waals surface area (Å²) in [6.07, 6.45) is -2.91. The fourth-order valence-electron chi connectivity index (χ4n) is 2.08. The Bertz CT molecular complexity index is 819. The zero-order chi connectivity index (χ0) is 19.2. The van der Waals surface area contributed by atoms with Crippen molar-refractivity contribution >= 4 is 11.6 Å². The lowest BCUT2D eigenvalue weighted by atomic mass is 10.2. The first-order chi connectivity index (χ1) is 12.3. The van der Waals surface area contributed by atoms with Gasteiger partial charge in [-0.3, -0.25) is 9.59 Å². The van der Waals surface area contributed by atoms with Gasteiger partial charge in [0.25, 0.3) is 11.5 Å². The number of halogens is 3. The van der Waals surface area contributed by atoms with Gasteiger partial charge in [0.15, 0.2) is 6.61 Å². The van der Waals surface area contributed by atoms with Crippen molar-refractivity contribution in [1.82, 2.24) is 9.78 Å². The first kappa shape index (κ1) is 19.5. The van der Waals surface area contributed by atoms with Gasteiger partial charge in [-0.05, 0) is 24.6 Å². The topological polar surface area (TPSA) is 73.2 Å². The van der Waals surface area contributed by atoms with Gasteiger partial charge in [-0.15, -0.1) is 0 Å². The Morgan fingerprint density at radius 1 is 1.23 bits per heavy atom. The zero-order valence-corrected chi connectivity index (χ0v) is 14.0. The zero-order valence-electron chi connectivity index (χ0n) is 14.0. The van der Waals surface area contributed by atoms with Crippen molar-refractivity contribution in [1.29, 1.82) is 0 Å². The van der Waals surface area contributed by atoms with Crippen LogP contribution >= 0.6 is 0 Å². The van der Waals surface area contributed by atoms with Crippen LogP contribution in [0.4, 0.5) is 18.9 Å². The lowest BCUT2D eigenvalue weighted by Crippen LogP contribution is -2.26. The van der Waals surface area contributed by atoms with Crippen LogP contribution < -0.4 is 15.6 Å². The van der Waals surface area contributed by atoms with Crippen LogP contribution in [0.5, 0.6) is 5.75 Å². The number of carbonyl (C=O) groups excluding carboxylic acids is 1. The molecule has 1 amide bonds. The third-order valence-corrected chi connectivity index (χ3v) is 3.35. The van der Waals surface area contributed by atoms with Gasteiger partial charge in [-0.1, -0.05) is 25.5 Å². The van der Waals surface area contributed by atoms with Gasteiger partial charge < -0.3 is 10.1 Å². The van der Waals surface area contributed by atoms with Crippen LogP contribution in [0.1, 0.15) is 30.3 Å². The maximum Gasteiger partial charge on any atom is 0.422 e. The highest BCUT2D eigenvalue weighted by atomic mass is 19.4. The van der Waals surface area contributed by atoms with E-state index >= 15 is 0 Å². The molecule has 0 atom stereocenters. The molecule has 0 aliphatic rings. The lowest BCUT2D eigenvalue weighted by Gasteiger charge is -2.13. The second-order valence-corrected chi connectivity index (χ2v) is 5.49. The molecule has 0 saturated carbocycles. The summed E-state index contributed by atoms with van der Waals surface area (Å²) < 4.78 is 42.9. The SMILES string of the molecule is CCCCn1nc(C(=O)Nc2ccccc2OCC(F)(F)F)ccc1=O. The third kappa shape index (κ3) is 5.61. The Labute approximate surface area is 147 Å². The van der Waals surface area contributed by atoms with Gasteiger partial charge in [0.1, 0.15) is 11.4 Å². The van der Waals surface area contributed by atoms with E-state index in [0.29, 0.717) is 6.54 Å². The molecular formula is C17H18F3N3O3. The summed E-state index contributed by atoms with van der Waals surface area (Å²) in [5.74, 6) is -0.768. The van der Waals surface area contributed by atoms with E-state index in [2.05, 4.69) is 10.4 Å². The van der Waals surface area contributed by atoms with E-state index < -0.39 is 18.7 Å². The number of benzene rings is 1. The minimum atomic E-state index is -4.49. The van der Waals surface area contributed by atoms with Crippen molar-refractivity contribution in [2.45, 2.75) is 32.5 Å². The Morgan fingerprint density at radius 2 is 1.96 bits per heavy atom. The van der Waals surface area contributed by atoms with Crippen LogP contribution in [-0.2, 0) is 6.54 Å². The number of hydrogen-bond donors (Lipinski definition) is 1. The van der Waals surface area contributed by atoms with Crippen molar-refractivity contribution in [2.75, 3.05) is 11.9 Å². The molecule has 0 bridgehead atoms. The number of anilines is 1. The molecule has 9 heteroatoms. The number of nitrogens with zero attached hydrogens (tertiary/aromatic N) is 2. The van der Waals surface area contributed by atoms with E-state index in [0.717, 1.165) is 12.8 Å². The Balaban J connectivity index is 2.16. The van der Waals surface area contributed by atoms with E-state index in [9.17, 15) is 22.8 Å². The minimum Gasteiger partial charge on any atom is -0.482 e. The number of hydrogen-bond acceptors (Lipinski definition) is 4. The number of carbonyl (C=O) groups is 1. The number of unbranched alkanes of at least 4 members (excludes halogenated alkanes) is 1. The summed E-state index contributed by atoms with van der Waals surface area (Å²) in [6, 6.07) is 8.26. The highest BCUT2D eigenvalue weighted by molar-refractivity contribution is 6.03. The van der Waals surface area contributed by atoms with Crippen LogP contribution in [-0.4, -0.2) is 28.5 Å². The van der Waals surface area contributed by atoms with Crippen molar-refractivity contribution in [2.24, 2.45) is 0 Å². The molecule has 6 nitrogen and oxygen atoms in total. The normalized spacial score (nSPS) is 11.2. The molecule has 1 N–H and O–H groups in total. The third-order valence-electron chi connectivity index (χ3n) is 3.35. The van der Waals surface area contributed by atoms with Crippen LogP contribution in [0.2, 0.25) is 0 Å². The van der Waals surface area contributed by atoms with Gasteiger partial charge in [0.2, 0.25) is 0 Å². The van der Waals surface area contributed by atoms with Gasteiger partial charge >= 0.3 is 6.18 Å². The molecule has 26 heavy (non-hydrogen) atoms. The Hall–Kier alpha value is -2.84. The van der Waals surface area contributed by atoms with Crippen LogP contribution in [0.3, 0.4) is 0 Å². The van der Waals surface area contributed by atoms with E-state index in [1.54, 1.807) is 6.07 Å². The highest BCUT2D eigenvalue weighted by Crippen LogP contribution is 2.26. The summed E-state index contributed by atoms with van der Waals surface area (Å²) in [6.45, 7) is 0.862. The van der Waals surface area contributed by atoms with E-state index in [1.165, 1.54) is 35.0 Å². The standard InChI is InChI=1S/C17H18F3N3O3/c1-2-3-10-23-15(24)9-8-13(22-23)16(25)21-12-6-4-5-7-14(12)26-11-17(18,19)20/h4-9H,2-3,10-11H2,1H3,(H,21,25). The number of aromatic nitrogens is 2. The number of alkyl halides is 3. The molecule has 0 aliphatic carbocycles. The van der Waals surface area contributed by atoms with Gasteiger partial charge in [0.05, 0.1) is 5.69 Å². The first-order valence-electron chi connectivity index (χ1n) is 7.98. The van der Waals surface area contributed by atoms with E-state index in [-0.39, 0.29) is 22.7 Å². The molecule has 140 valence electrons. The number of amides is 1. The molecule has 0 unspecified atom stereocenters. The van der Waals surface area contributed by atoms with Gasteiger partial charge in [0, 0.05) is 12.6 Å². The fraction of sp³-hybridized carbons (Fsp3) is 0.353. The average molecular weight is 369 g/mol. The number of para-hydroxylation sites is 2. The lowest BCUT2D eigenvalue weighted by molar-refractivity contribution is -0.153. The predicted molar refractivity (Wildman–Crippen MR) is 89.4 cm³/mol. The maximum absolute atomic E-state index is 12.3. The van der Waals surface area contributed by atoms with Gasteiger partial charge in [-0.2, -0.15) is 18.3 Å². The van der Waals surface area contributed by atoms with Gasteiger partial charge in [-0.25, -0.2) is 4.68 Å². The number of aryl methyl sites for hydroxylation is 1. The minimum absolute atomic E-state index is 0.0219. The average Bonchev–Trinajstić information content (AvgIpc) is 2.59. The monoisotopic (exact) mass is 369 g/mol. The highest BCUT2D eigenvalue weighted by Gasteiger charge is 2.29. The molecular weight excluding hydrogens is 351 g/mol. The number of ether oxygens (including phenoxy) is 1. The van der Waals surface area contributed by atoms with E-state index in [4.69, 9.17) is 4.74 Å². The summed E-state index contributed by atoms with van der Waals surface area (Å²) >= 11 is 0. The molecule has 0 saturated heterocycles. The molecule has 0 spiro atoms. The van der Waals surface area contributed by atoms with Crippen molar-refractivity contribution in [3.63, 3.8) is 0 Å². The van der Waals surface area contributed by atoms with E-state index in [1.807, 2.05) is 6.92 Å². The van der Waals surface area contributed by atoms with Crippen molar-refractivity contribution in [3.8, 4) is 5.75 Å². The summed E-state index contributed by atoms with van der Waals surface area (Å²) in [4.78, 5) is 24.1. The largest absolute Gasteiger partial charge is 0.482 e. The van der Waals surface area contributed by atoms with Crippen molar-refractivity contribution < 1.29 is 22.7 Å². The second kappa shape index (κ2) is 8.50. The maximum atomic E-state index is 12.3. The smallest absolute Gasteiger partial charge is 0.422 e. The molecule has 2 aromatic rings. The second-order valence-electron chi connectivity index (χ2n) is 5.49. The summed E-state index contributed by atoms with van der Waals surface area (Å²) in [5, 5.41) is 6.45. The molecule has 1 heterocycles. The molecule has 0 radical (unpaired) electrons. The fourth-order valence-corrected chi connectivity index (χ4v) is 2.08. The Morgan fingerprint density at radius 3 is 2.65 bits per heavy atom. The predicted octanol–water partition coefficient (Wildman–Crippen LogP) is 3.24.